The number of nitrogens with one attached hydrogen (secondary N) is 1. The molecular formula is C19H18BrCl2NOS. The lowest BCUT2D eigenvalue weighted by Crippen LogP contribution is -2.11. The Kier molecular flexibility index (Phi) is 8.27. The van der Waals surface area contributed by atoms with Crippen molar-refractivity contribution in [2.75, 3.05) is 0 Å². The first-order chi connectivity index (χ1) is 11.7. The van der Waals surface area contributed by atoms with E-state index in [1.165, 1.54) is 10.4 Å². The second kappa shape index (κ2) is 10.2. The summed E-state index contributed by atoms with van der Waals surface area (Å²) in [7, 11) is 0. The molecule has 0 fully saturated rings. The summed E-state index contributed by atoms with van der Waals surface area (Å²) in [6.45, 7) is 2.24. The van der Waals surface area contributed by atoms with Gasteiger partial charge in [-0.05, 0) is 62.8 Å². The smallest absolute Gasteiger partial charge is 0.134 e. The fourth-order valence-corrected chi connectivity index (χ4v) is 3.60. The third-order valence-electron chi connectivity index (χ3n) is 3.51. The molecule has 0 aliphatic heterocycles. The lowest BCUT2D eigenvalue weighted by atomic mass is 10.2. The van der Waals surface area contributed by atoms with Crippen LogP contribution < -0.4 is 10.1 Å². The lowest BCUT2D eigenvalue weighted by Gasteiger charge is -2.10. The van der Waals surface area contributed by atoms with Crippen LogP contribution >= 0.6 is 51.3 Å². The molecule has 0 saturated carbocycles. The van der Waals surface area contributed by atoms with Crippen molar-refractivity contribution in [2.24, 2.45) is 0 Å². The van der Waals surface area contributed by atoms with Crippen molar-refractivity contribution in [3.05, 3.63) is 85.5 Å². The van der Waals surface area contributed by atoms with Crippen LogP contribution in [0.3, 0.4) is 0 Å². The Labute approximate surface area is 171 Å². The standard InChI is InChI=1S/C19H17BrClNOS.ClH/c20-18-10-15(11-22-12-17-2-1-9-24-17)5-8-19(18)23-13-14-3-6-16(21)7-4-14;/h1-10,22H,11-13H2;1H. The van der Waals surface area contributed by atoms with E-state index in [1.807, 2.05) is 30.3 Å². The molecule has 0 bridgehead atoms. The molecule has 6 heteroatoms. The summed E-state index contributed by atoms with van der Waals surface area (Å²) in [5, 5.41) is 6.28. The fourth-order valence-electron chi connectivity index (χ4n) is 2.26. The zero-order valence-corrected chi connectivity index (χ0v) is 17.4. The van der Waals surface area contributed by atoms with Crippen molar-refractivity contribution in [2.45, 2.75) is 19.7 Å². The summed E-state index contributed by atoms with van der Waals surface area (Å²) < 4.78 is 6.84. The van der Waals surface area contributed by atoms with Gasteiger partial charge >= 0.3 is 0 Å². The first-order valence-corrected chi connectivity index (χ1v) is 9.64. The van der Waals surface area contributed by atoms with Crippen molar-refractivity contribution in [3.63, 3.8) is 0 Å². The number of hydrogen-bond acceptors (Lipinski definition) is 3. The van der Waals surface area contributed by atoms with E-state index in [9.17, 15) is 0 Å². The number of rotatable bonds is 7. The molecule has 3 aromatic rings. The second-order valence-electron chi connectivity index (χ2n) is 5.36. The molecule has 2 nitrogen and oxygen atoms in total. The zero-order valence-electron chi connectivity index (χ0n) is 13.4. The summed E-state index contributed by atoms with van der Waals surface area (Å²) >= 11 is 11.3. The third kappa shape index (κ3) is 6.32. The van der Waals surface area contributed by atoms with Crippen LogP contribution in [0, 0.1) is 0 Å². The van der Waals surface area contributed by atoms with Gasteiger partial charge in [-0.1, -0.05) is 35.9 Å². The van der Waals surface area contributed by atoms with E-state index in [1.54, 1.807) is 11.3 Å². The van der Waals surface area contributed by atoms with Gasteiger partial charge in [0.15, 0.2) is 0 Å². The zero-order chi connectivity index (χ0) is 16.8. The molecule has 0 aliphatic carbocycles. The van der Waals surface area contributed by atoms with Gasteiger partial charge in [-0.25, -0.2) is 0 Å². The van der Waals surface area contributed by atoms with E-state index in [2.05, 4.69) is 50.9 Å². The van der Waals surface area contributed by atoms with Gasteiger partial charge in [0.05, 0.1) is 4.47 Å². The Bertz CT molecular complexity index is 779. The van der Waals surface area contributed by atoms with Gasteiger partial charge in [-0.3, -0.25) is 0 Å². The predicted molar refractivity (Wildman–Crippen MR) is 112 cm³/mol. The first-order valence-electron chi connectivity index (χ1n) is 7.59. The van der Waals surface area contributed by atoms with E-state index in [-0.39, 0.29) is 12.4 Å². The van der Waals surface area contributed by atoms with Gasteiger partial charge < -0.3 is 10.1 Å². The van der Waals surface area contributed by atoms with Crippen LogP contribution in [-0.2, 0) is 19.7 Å². The Morgan fingerprint density at radius 3 is 2.44 bits per heavy atom. The van der Waals surface area contributed by atoms with Crippen molar-refractivity contribution in [3.8, 4) is 5.75 Å². The van der Waals surface area contributed by atoms with Gasteiger partial charge in [0.2, 0.25) is 0 Å². The molecule has 0 saturated heterocycles. The number of thiophene rings is 1. The molecule has 1 heterocycles. The Hall–Kier alpha value is -1.04. The molecule has 1 N–H and O–H groups in total. The largest absolute Gasteiger partial charge is 0.488 e. The van der Waals surface area contributed by atoms with Crippen LogP contribution in [0.1, 0.15) is 16.0 Å². The quantitative estimate of drug-likeness (QED) is 0.438. The Balaban J connectivity index is 0.00000225. The molecule has 3 rings (SSSR count). The summed E-state index contributed by atoms with van der Waals surface area (Å²) in [4.78, 5) is 1.34. The molecule has 0 unspecified atom stereocenters. The SMILES string of the molecule is Cl.Clc1ccc(COc2ccc(CNCc3cccs3)cc2Br)cc1. The first kappa shape index (κ1) is 20.3. The van der Waals surface area contributed by atoms with Crippen LogP contribution in [-0.4, -0.2) is 0 Å². The van der Waals surface area contributed by atoms with E-state index in [4.69, 9.17) is 16.3 Å². The number of hydrogen-bond donors (Lipinski definition) is 1. The van der Waals surface area contributed by atoms with Crippen LogP contribution in [0.4, 0.5) is 0 Å². The summed E-state index contributed by atoms with van der Waals surface area (Å²) in [5.74, 6) is 0.840. The average Bonchev–Trinajstić information content (AvgIpc) is 3.09. The van der Waals surface area contributed by atoms with E-state index in [0.717, 1.165) is 33.9 Å². The number of benzene rings is 2. The summed E-state index contributed by atoms with van der Waals surface area (Å²) in [6, 6.07) is 18.1. The predicted octanol–water partition coefficient (Wildman–Crippen LogP) is 6.45. The average molecular weight is 459 g/mol. The second-order valence-corrected chi connectivity index (χ2v) is 7.69. The Morgan fingerprint density at radius 1 is 1.00 bits per heavy atom. The van der Waals surface area contributed by atoms with Gasteiger partial charge in [0.1, 0.15) is 12.4 Å². The minimum Gasteiger partial charge on any atom is -0.488 e. The van der Waals surface area contributed by atoms with Crippen molar-refractivity contribution in [1.29, 1.82) is 0 Å². The lowest BCUT2D eigenvalue weighted by molar-refractivity contribution is 0.304. The normalized spacial score (nSPS) is 10.3. The minimum atomic E-state index is 0. The van der Waals surface area contributed by atoms with E-state index in [0.29, 0.717) is 6.61 Å². The highest BCUT2D eigenvalue weighted by molar-refractivity contribution is 9.10. The maximum atomic E-state index is 5.89. The van der Waals surface area contributed by atoms with Gasteiger partial charge in [-0.15, -0.1) is 23.7 Å². The number of ether oxygens (including phenoxy) is 1. The van der Waals surface area contributed by atoms with Crippen molar-refractivity contribution >= 4 is 51.3 Å². The van der Waals surface area contributed by atoms with E-state index < -0.39 is 0 Å². The molecule has 0 aliphatic rings. The van der Waals surface area contributed by atoms with E-state index >= 15 is 0 Å². The third-order valence-corrected chi connectivity index (χ3v) is 5.26. The summed E-state index contributed by atoms with van der Waals surface area (Å²) in [6.07, 6.45) is 0. The highest BCUT2D eigenvalue weighted by Gasteiger charge is 2.04. The molecule has 0 spiro atoms. The maximum absolute atomic E-state index is 5.89. The number of halogens is 3. The van der Waals surface area contributed by atoms with Crippen LogP contribution in [0.5, 0.6) is 5.75 Å². The Morgan fingerprint density at radius 2 is 1.76 bits per heavy atom. The molecule has 25 heavy (non-hydrogen) atoms. The maximum Gasteiger partial charge on any atom is 0.134 e. The molecule has 1 aromatic heterocycles. The van der Waals surface area contributed by atoms with Gasteiger partial charge in [0, 0.05) is 23.0 Å². The van der Waals surface area contributed by atoms with Crippen LogP contribution in [0.25, 0.3) is 0 Å². The fraction of sp³-hybridized carbons (Fsp3) is 0.158. The highest BCUT2D eigenvalue weighted by atomic mass is 79.9. The van der Waals surface area contributed by atoms with Crippen LogP contribution in [0.15, 0.2) is 64.5 Å². The molecular weight excluding hydrogens is 441 g/mol. The van der Waals surface area contributed by atoms with Crippen molar-refractivity contribution in [1.82, 2.24) is 5.32 Å². The minimum absolute atomic E-state index is 0. The van der Waals surface area contributed by atoms with Crippen LogP contribution in [0.2, 0.25) is 5.02 Å². The van der Waals surface area contributed by atoms with Gasteiger partial charge in [0.25, 0.3) is 0 Å². The highest BCUT2D eigenvalue weighted by Crippen LogP contribution is 2.27. The van der Waals surface area contributed by atoms with Crippen molar-refractivity contribution < 1.29 is 4.74 Å². The monoisotopic (exact) mass is 457 g/mol. The molecule has 132 valence electrons. The summed E-state index contributed by atoms with van der Waals surface area (Å²) in [5.41, 5.74) is 2.31. The molecule has 0 amide bonds. The molecule has 0 atom stereocenters. The van der Waals surface area contributed by atoms with Gasteiger partial charge in [-0.2, -0.15) is 0 Å². The topological polar surface area (TPSA) is 21.3 Å². The molecule has 0 radical (unpaired) electrons. The molecule has 2 aromatic carbocycles.